The summed E-state index contributed by atoms with van der Waals surface area (Å²) in [4.78, 5) is 14.5. The third kappa shape index (κ3) is 4.47. The lowest BCUT2D eigenvalue weighted by atomic mass is 9.93. The number of carbonyl (C=O) groups excluding carboxylic acids is 1. The van der Waals surface area contributed by atoms with Crippen LogP contribution in [0.25, 0.3) is 0 Å². The lowest BCUT2D eigenvalue weighted by molar-refractivity contribution is -0.122. The molecule has 122 valence electrons. The predicted molar refractivity (Wildman–Crippen MR) is 89.2 cm³/mol. The molecule has 1 aliphatic carbocycles. The van der Waals surface area contributed by atoms with Gasteiger partial charge >= 0.3 is 0 Å². The van der Waals surface area contributed by atoms with Crippen molar-refractivity contribution in [1.29, 1.82) is 0 Å². The van der Waals surface area contributed by atoms with Gasteiger partial charge < -0.3 is 15.0 Å². The Morgan fingerprint density at radius 3 is 2.50 bits per heavy atom. The lowest BCUT2D eigenvalue weighted by Crippen LogP contribution is -2.40. The Labute approximate surface area is 133 Å². The van der Waals surface area contributed by atoms with Crippen LogP contribution < -0.4 is 10.1 Å². The van der Waals surface area contributed by atoms with Crippen LogP contribution in [0.2, 0.25) is 0 Å². The Kier molecular flexibility index (Phi) is 5.12. The van der Waals surface area contributed by atoms with Gasteiger partial charge in [0, 0.05) is 19.0 Å². The number of hydrogen-bond donors (Lipinski definition) is 1. The quantitative estimate of drug-likeness (QED) is 0.841. The molecule has 0 bridgehead atoms. The number of amides is 1. The summed E-state index contributed by atoms with van der Waals surface area (Å²) in [5, 5.41) is 3.12. The van der Waals surface area contributed by atoms with Gasteiger partial charge in [-0.25, -0.2) is 0 Å². The number of nitrogens with one attached hydrogen (secondary N) is 1. The zero-order valence-corrected chi connectivity index (χ0v) is 14.3. The monoisotopic (exact) mass is 304 g/mol. The molecule has 1 aromatic carbocycles. The highest BCUT2D eigenvalue weighted by molar-refractivity contribution is 5.82. The van der Waals surface area contributed by atoms with Crippen molar-refractivity contribution in [2.45, 2.75) is 26.2 Å². The zero-order valence-electron chi connectivity index (χ0n) is 14.3. The largest absolute Gasteiger partial charge is 0.497 e. The summed E-state index contributed by atoms with van der Waals surface area (Å²) in [6.07, 6.45) is 0.951. The van der Waals surface area contributed by atoms with E-state index < -0.39 is 0 Å². The first-order chi connectivity index (χ1) is 10.3. The smallest absolute Gasteiger partial charge is 0.223 e. The van der Waals surface area contributed by atoms with Crippen molar-refractivity contribution in [3.05, 3.63) is 29.8 Å². The average molecular weight is 304 g/mol. The van der Waals surface area contributed by atoms with Gasteiger partial charge in [-0.2, -0.15) is 0 Å². The second-order valence-corrected chi connectivity index (χ2v) is 7.34. The minimum Gasteiger partial charge on any atom is -0.497 e. The molecule has 2 atom stereocenters. The molecule has 1 aliphatic rings. The Hall–Kier alpha value is -1.55. The standard InChI is InChI=1S/C18H28N2O2/c1-18(2,12-20(3)4)11-19-17(21)16-10-15(16)13-6-8-14(22-5)9-7-13/h6-9,15-16H,10-12H2,1-5H3,(H,19,21)/t15-,16+/m1/s1. The van der Waals surface area contributed by atoms with Crippen molar-refractivity contribution in [2.75, 3.05) is 34.3 Å². The molecule has 0 radical (unpaired) electrons. The van der Waals surface area contributed by atoms with Crippen LogP contribution in [0.1, 0.15) is 31.7 Å². The molecule has 4 nitrogen and oxygen atoms in total. The summed E-state index contributed by atoms with van der Waals surface area (Å²) in [5.41, 5.74) is 1.32. The Balaban J connectivity index is 1.82. The normalized spacial score (nSPS) is 20.8. The summed E-state index contributed by atoms with van der Waals surface area (Å²) >= 11 is 0. The highest BCUT2D eigenvalue weighted by atomic mass is 16.5. The van der Waals surface area contributed by atoms with E-state index in [9.17, 15) is 4.79 Å². The van der Waals surface area contributed by atoms with E-state index in [1.54, 1.807) is 7.11 Å². The van der Waals surface area contributed by atoms with Crippen molar-refractivity contribution >= 4 is 5.91 Å². The molecule has 1 fully saturated rings. The number of hydrogen-bond acceptors (Lipinski definition) is 3. The number of methoxy groups -OCH3 is 1. The van der Waals surface area contributed by atoms with Gasteiger partial charge in [0.2, 0.25) is 5.91 Å². The molecule has 2 rings (SSSR count). The van der Waals surface area contributed by atoms with Gasteiger partial charge in [-0.15, -0.1) is 0 Å². The molecule has 0 aromatic heterocycles. The third-order valence-electron chi connectivity index (χ3n) is 4.16. The first-order valence-corrected chi connectivity index (χ1v) is 7.89. The summed E-state index contributed by atoms with van der Waals surface area (Å²) in [5.74, 6) is 1.54. The van der Waals surface area contributed by atoms with Gasteiger partial charge in [-0.3, -0.25) is 4.79 Å². The minimum atomic E-state index is 0.0870. The van der Waals surface area contributed by atoms with Crippen LogP contribution in [0.3, 0.4) is 0 Å². The van der Waals surface area contributed by atoms with E-state index in [4.69, 9.17) is 4.74 Å². The first kappa shape index (κ1) is 16.8. The maximum atomic E-state index is 12.3. The average Bonchev–Trinajstić information content (AvgIpc) is 3.24. The topological polar surface area (TPSA) is 41.6 Å². The van der Waals surface area contributed by atoms with E-state index in [1.807, 2.05) is 12.1 Å². The Morgan fingerprint density at radius 1 is 1.32 bits per heavy atom. The molecule has 4 heteroatoms. The van der Waals surface area contributed by atoms with E-state index >= 15 is 0 Å². The van der Waals surface area contributed by atoms with Gasteiger partial charge in [0.25, 0.3) is 0 Å². The molecule has 0 saturated heterocycles. The Bertz CT molecular complexity index is 508. The maximum absolute atomic E-state index is 12.3. The molecular weight excluding hydrogens is 276 g/mol. The van der Waals surface area contributed by atoms with E-state index in [0.717, 1.165) is 25.3 Å². The summed E-state index contributed by atoms with van der Waals surface area (Å²) in [6.45, 7) is 6.04. The van der Waals surface area contributed by atoms with Crippen LogP contribution in [-0.4, -0.2) is 45.1 Å². The fraction of sp³-hybridized carbons (Fsp3) is 0.611. The number of nitrogens with zero attached hydrogens (tertiary/aromatic N) is 1. The molecule has 0 heterocycles. The van der Waals surface area contributed by atoms with E-state index in [1.165, 1.54) is 5.56 Å². The van der Waals surface area contributed by atoms with Gasteiger partial charge in [0.05, 0.1) is 7.11 Å². The summed E-state index contributed by atoms with van der Waals surface area (Å²) < 4.78 is 5.17. The molecular formula is C18H28N2O2. The van der Waals surface area contributed by atoms with E-state index in [-0.39, 0.29) is 17.2 Å². The molecule has 1 amide bonds. The second-order valence-electron chi connectivity index (χ2n) is 7.34. The van der Waals surface area contributed by atoms with E-state index in [0.29, 0.717) is 5.92 Å². The molecule has 1 aromatic rings. The number of benzene rings is 1. The fourth-order valence-corrected chi connectivity index (χ4v) is 3.07. The van der Waals surface area contributed by atoms with Crippen LogP contribution in [0.15, 0.2) is 24.3 Å². The number of carbonyl (C=O) groups is 1. The fourth-order valence-electron chi connectivity index (χ4n) is 3.07. The van der Waals surface area contributed by atoms with Gasteiger partial charge in [0.1, 0.15) is 5.75 Å². The predicted octanol–water partition coefficient (Wildman–Crippen LogP) is 2.50. The Morgan fingerprint density at radius 2 is 1.95 bits per heavy atom. The van der Waals surface area contributed by atoms with Gasteiger partial charge in [0.15, 0.2) is 0 Å². The minimum absolute atomic E-state index is 0.0870. The first-order valence-electron chi connectivity index (χ1n) is 7.89. The van der Waals surface area contributed by atoms with Gasteiger partial charge in [-0.1, -0.05) is 26.0 Å². The number of ether oxygens (including phenoxy) is 1. The zero-order chi connectivity index (χ0) is 16.3. The maximum Gasteiger partial charge on any atom is 0.223 e. The molecule has 0 aliphatic heterocycles. The van der Waals surface area contributed by atoms with Crippen LogP contribution in [0.5, 0.6) is 5.75 Å². The molecule has 22 heavy (non-hydrogen) atoms. The molecule has 0 spiro atoms. The third-order valence-corrected chi connectivity index (χ3v) is 4.16. The molecule has 1 N–H and O–H groups in total. The van der Waals surface area contributed by atoms with Crippen molar-refractivity contribution in [3.8, 4) is 5.75 Å². The summed E-state index contributed by atoms with van der Waals surface area (Å²) in [6, 6.07) is 8.05. The van der Waals surface area contributed by atoms with Crippen LogP contribution in [0, 0.1) is 11.3 Å². The number of rotatable bonds is 7. The van der Waals surface area contributed by atoms with Crippen molar-refractivity contribution < 1.29 is 9.53 Å². The highest BCUT2D eigenvalue weighted by Crippen LogP contribution is 2.47. The molecule has 1 saturated carbocycles. The van der Waals surface area contributed by atoms with Crippen LogP contribution in [0.4, 0.5) is 0 Å². The molecule has 0 unspecified atom stereocenters. The van der Waals surface area contributed by atoms with Crippen molar-refractivity contribution in [2.24, 2.45) is 11.3 Å². The SMILES string of the molecule is COc1ccc([C@H]2C[C@@H]2C(=O)NCC(C)(C)CN(C)C)cc1. The second kappa shape index (κ2) is 6.69. The van der Waals surface area contributed by atoms with Crippen molar-refractivity contribution in [1.82, 2.24) is 10.2 Å². The van der Waals surface area contributed by atoms with Crippen molar-refractivity contribution in [3.63, 3.8) is 0 Å². The lowest BCUT2D eigenvalue weighted by Gasteiger charge is -2.28. The van der Waals surface area contributed by atoms with E-state index in [2.05, 4.69) is 50.3 Å². The highest BCUT2D eigenvalue weighted by Gasteiger charge is 2.44. The van der Waals surface area contributed by atoms with Gasteiger partial charge in [-0.05, 0) is 49.5 Å². The van der Waals surface area contributed by atoms with Crippen LogP contribution in [-0.2, 0) is 4.79 Å². The summed E-state index contributed by atoms with van der Waals surface area (Å²) in [7, 11) is 5.78. The van der Waals surface area contributed by atoms with Crippen LogP contribution >= 0.6 is 0 Å².